The normalized spacial score (nSPS) is 22.7. The molecule has 2 aromatic rings. The van der Waals surface area contributed by atoms with Crippen molar-refractivity contribution in [3.63, 3.8) is 0 Å². The number of carbonyl (C=O) groups excluding carboxylic acids is 2. The van der Waals surface area contributed by atoms with E-state index in [1.165, 1.54) is 11.1 Å². The van der Waals surface area contributed by atoms with E-state index in [0.717, 1.165) is 31.5 Å². The Morgan fingerprint density at radius 2 is 1.80 bits per heavy atom. The van der Waals surface area contributed by atoms with Crippen molar-refractivity contribution in [1.82, 2.24) is 19.7 Å². The van der Waals surface area contributed by atoms with E-state index in [-0.39, 0.29) is 30.3 Å². The van der Waals surface area contributed by atoms with Crippen LogP contribution in [0.3, 0.4) is 0 Å². The highest BCUT2D eigenvalue weighted by molar-refractivity contribution is 5.89. The summed E-state index contributed by atoms with van der Waals surface area (Å²) in [6.07, 6.45) is 5.34. The number of nitrogens with zero attached hydrogens (tertiary/aromatic N) is 4. The summed E-state index contributed by atoms with van der Waals surface area (Å²) in [6.45, 7) is 5.13. The Balaban J connectivity index is 1.50. The van der Waals surface area contributed by atoms with Crippen molar-refractivity contribution in [2.75, 3.05) is 26.7 Å². The first-order valence-electron chi connectivity index (χ1n) is 10.8. The van der Waals surface area contributed by atoms with Crippen LogP contribution >= 0.6 is 0 Å². The second-order valence-corrected chi connectivity index (χ2v) is 8.43. The maximum Gasteiger partial charge on any atom is 0.242 e. The number of likely N-dealkylation sites (N-methyl/N-ethyl adjacent to an activating group) is 1. The monoisotopic (exact) mass is 406 g/mol. The quantitative estimate of drug-likeness (QED) is 0.765. The van der Waals surface area contributed by atoms with Gasteiger partial charge in [-0.2, -0.15) is 0 Å². The summed E-state index contributed by atoms with van der Waals surface area (Å²) >= 11 is 0. The van der Waals surface area contributed by atoms with Crippen molar-refractivity contribution in [3.05, 3.63) is 65.5 Å². The maximum atomic E-state index is 13.5. The minimum absolute atomic E-state index is 0.0170. The number of aryl methyl sites for hydroxylation is 1. The van der Waals surface area contributed by atoms with Gasteiger partial charge in [-0.25, -0.2) is 0 Å². The molecule has 2 aliphatic heterocycles. The van der Waals surface area contributed by atoms with E-state index in [2.05, 4.69) is 41.1 Å². The number of aromatic nitrogens is 1. The molecule has 3 heterocycles. The van der Waals surface area contributed by atoms with Gasteiger partial charge in [0.15, 0.2) is 0 Å². The van der Waals surface area contributed by atoms with Crippen LogP contribution in [0.4, 0.5) is 0 Å². The van der Waals surface area contributed by atoms with Crippen molar-refractivity contribution in [2.45, 2.75) is 38.9 Å². The van der Waals surface area contributed by atoms with E-state index in [0.29, 0.717) is 13.1 Å². The fourth-order valence-corrected chi connectivity index (χ4v) is 4.61. The molecule has 2 fully saturated rings. The Morgan fingerprint density at radius 3 is 2.50 bits per heavy atom. The standard InChI is InChI=1S/C24H30N4O2/c1-3-18-6-8-19(9-7-18)14-27-12-10-22-21(16-27)24(30)28(17-23(29)26(22)2)15-20-5-4-11-25-13-20/h4-9,11,13,21-22H,3,10,12,14-17H2,1-2H3/t21-,22+/m0/s1. The summed E-state index contributed by atoms with van der Waals surface area (Å²) in [5.74, 6) is -0.0993. The second-order valence-electron chi connectivity index (χ2n) is 8.43. The predicted octanol–water partition coefficient (Wildman–Crippen LogP) is 2.34. The topological polar surface area (TPSA) is 56.8 Å². The van der Waals surface area contributed by atoms with Gasteiger partial charge in [0.25, 0.3) is 0 Å². The van der Waals surface area contributed by atoms with Gasteiger partial charge < -0.3 is 9.80 Å². The molecule has 6 heteroatoms. The number of fused-ring (bicyclic) bond motifs is 1. The molecule has 2 atom stereocenters. The SMILES string of the molecule is CCc1ccc(CN2CC[C@@H]3[C@H](C2)C(=O)N(Cc2cccnc2)CC(=O)N3C)cc1. The predicted molar refractivity (Wildman–Crippen MR) is 115 cm³/mol. The summed E-state index contributed by atoms with van der Waals surface area (Å²) < 4.78 is 0. The zero-order valence-electron chi connectivity index (χ0n) is 17.8. The highest BCUT2D eigenvalue weighted by Crippen LogP contribution is 2.28. The van der Waals surface area contributed by atoms with Crippen LogP contribution in [-0.2, 0) is 29.1 Å². The minimum atomic E-state index is -0.193. The molecule has 1 aromatic carbocycles. The first-order chi connectivity index (χ1) is 14.5. The van der Waals surface area contributed by atoms with E-state index < -0.39 is 0 Å². The summed E-state index contributed by atoms with van der Waals surface area (Å²) in [5, 5.41) is 0. The second kappa shape index (κ2) is 8.96. The van der Waals surface area contributed by atoms with E-state index in [9.17, 15) is 9.59 Å². The Kier molecular flexibility index (Phi) is 6.13. The zero-order valence-corrected chi connectivity index (χ0v) is 17.8. The number of likely N-dealkylation sites (tertiary alicyclic amines) is 1. The van der Waals surface area contributed by atoms with Crippen LogP contribution in [0, 0.1) is 5.92 Å². The first-order valence-corrected chi connectivity index (χ1v) is 10.8. The molecule has 2 amide bonds. The minimum Gasteiger partial charge on any atom is -0.340 e. The molecule has 2 saturated heterocycles. The van der Waals surface area contributed by atoms with Gasteiger partial charge in [0.05, 0.1) is 5.92 Å². The Labute approximate surface area is 178 Å². The molecular weight excluding hydrogens is 376 g/mol. The largest absolute Gasteiger partial charge is 0.340 e. The van der Waals surface area contributed by atoms with Gasteiger partial charge in [-0.15, -0.1) is 0 Å². The van der Waals surface area contributed by atoms with Crippen LogP contribution < -0.4 is 0 Å². The van der Waals surface area contributed by atoms with Crippen molar-refractivity contribution >= 4 is 11.8 Å². The molecule has 2 aliphatic rings. The number of hydrogen-bond acceptors (Lipinski definition) is 4. The number of amides is 2. The molecule has 0 saturated carbocycles. The number of rotatable bonds is 5. The maximum absolute atomic E-state index is 13.5. The lowest BCUT2D eigenvalue weighted by molar-refractivity contribution is -0.138. The Hall–Kier alpha value is -2.73. The molecule has 1 aromatic heterocycles. The van der Waals surface area contributed by atoms with Crippen molar-refractivity contribution in [2.24, 2.45) is 5.92 Å². The fourth-order valence-electron chi connectivity index (χ4n) is 4.61. The third kappa shape index (κ3) is 4.38. The van der Waals surface area contributed by atoms with Gasteiger partial charge in [-0.3, -0.25) is 19.5 Å². The lowest BCUT2D eigenvalue weighted by Gasteiger charge is -2.40. The summed E-state index contributed by atoms with van der Waals surface area (Å²) in [4.78, 5) is 36.2. The van der Waals surface area contributed by atoms with Crippen LogP contribution in [0.5, 0.6) is 0 Å². The van der Waals surface area contributed by atoms with Crippen LogP contribution in [0.1, 0.15) is 30.0 Å². The zero-order chi connectivity index (χ0) is 21.1. The van der Waals surface area contributed by atoms with Crippen molar-refractivity contribution in [3.8, 4) is 0 Å². The van der Waals surface area contributed by atoms with E-state index in [4.69, 9.17) is 0 Å². The van der Waals surface area contributed by atoms with Crippen molar-refractivity contribution in [1.29, 1.82) is 0 Å². The number of benzene rings is 1. The molecule has 4 rings (SSSR count). The lowest BCUT2D eigenvalue weighted by atomic mass is 9.90. The van der Waals surface area contributed by atoms with E-state index in [1.807, 2.05) is 19.2 Å². The molecule has 0 radical (unpaired) electrons. The fraction of sp³-hybridized carbons (Fsp3) is 0.458. The lowest BCUT2D eigenvalue weighted by Crippen LogP contribution is -2.53. The van der Waals surface area contributed by atoms with Crippen molar-refractivity contribution < 1.29 is 9.59 Å². The van der Waals surface area contributed by atoms with Gasteiger partial charge in [0, 0.05) is 51.7 Å². The average molecular weight is 407 g/mol. The number of carbonyl (C=O) groups is 2. The van der Waals surface area contributed by atoms with Crippen LogP contribution in [-0.4, -0.2) is 64.2 Å². The number of piperidine rings is 1. The smallest absolute Gasteiger partial charge is 0.242 e. The molecule has 0 bridgehead atoms. The molecule has 0 spiro atoms. The molecule has 6 nitrogen and oxygen atoms in total. The van der Waals surface area contributed by atoms with Gasteiger partial charge in [0.1, 0.15) is 6.54 Å². The summed E-state index contributed by atoms with van der Waals surface area (Å²) in [5.41, 5.74) is 3.55. The molecule has 158 valence electrons. The van der Waals surface area contributed by atoms with E-state index in [1.54, 1.807) is 22.2 Å². The third-order valence-corrected chi connectivity index (χ3v) is 6.44. The Morgan fingerprint density at radius 1 is 1.03 bits per heavy atom. The summed E-state index contributed by atoms with van der Waals surface area (Å²) in [6, 6.07) is 12.5. The molecule has 30 heavy (non-hydrogen) atoms. The molecule has 0 aliphatic carbocycles. The third-order valence-electron chi connectivity index (χ3n) is 6.44. The molecule has 0 N–H and O–H groups in total. The van der Waals surface area contributed by atoms with Crippen LogP contribution in [0.25, 0.3) is 0 Å². The van der Waals surface area contributed by atoms with Gasteiger partial charge in [-0.1, -0.05) is 37.3 Å². The highest BCUT2D eigenvalue weighted by atomic mass is 16.2. The summed E-state index contributed by atoms with van der Waals surface area (Å²) in [7, 11) is 1.85. The number of pyridine rings is 1. The Bertz CT molecular complexity index is 884. The van der Waals surface area contributed by atoms with Crippen LogP contribution in [0.15, 0.2) is 48.8 Å². The first kappa shape index (κ1) is 20.5. The number of hydrogen-bond donors (Lipinski definition) is 0. The molecule has 0 unspecified atom stereocenters. The average Bonchev–Trinajstić information content (AvgIpc) is 2.86. The van der Waals surface area contributed by atoms with Crippen LogP contribution in [0.2, 0.25) is 0 Å². The van der Waals surface area contributed by atoms with Gasteiger partial charge in [-0.05, 0) is 35.6 Å². The van der Waals surface area contributed by atoms with Gasteiger partial charge in [0.2, 0.25) is 11.8 Å². The van der Waals surface area contributed by atoms with E-state index >= 15 is 0 Å². The highest BCUT2D eigenvalue weighted by Gasteiger charge is 2.43. The molecular formula is C24H30N4O2. The van der Waals surface area contributed by atoms with Gasteiger partial charge >= 0.3 is 0 Å².